The molecule has 2 aromatic rings. The first-order chi connectivity index (χ1) is 13.4. The first-order valence-electron chi connectivity index (χ1n) is 9.41. The van der Waals surface area contributed by atoms with Crippen molar-refractivity contribution in [2.24, 2.45) is 0 Å². The number of hydrogen-bond donors (Lipinski definition) is 1. The van der Waals surface area contributed by atoms with Crippen LogP contribution in [0.1, 0.15) is 29.5 Å². The van der Waals surface area contributed by atoms with Crippen molar-refractivity contribution in [3.05, 3.63) is 59.2 Å². The lowest BCUT2D eigenvalue weighted by molar-refractivity contribution is -0.117. The Morgan fingerprint density at radius 2 is 1.96 bits per heavy atom. The van der Waals surface area contributed by atoms with Crippen molar-refractivity contribution in [1.82, 2.24) is 4.72 Å². The first-order valence-corrected chi connectivity index (χ1v) is 12.0. The van der Waals surface area contributed by atoms with Crippen LogP contribution in [-0.2, 0) is 20.6 Å². The second kappa shape index (κ2) is 9.11. The van der Waals surface area contributed by atoms with Crippen LogP contribution in [0.15, 0.2) is 47.4 Å². The molecule has 0 radical (unpaired) electrons. The fraction of sp³-hybridized carbons (Fsp3) is 0.381. The molecule has 0 spiro atoms. The van der Waals surface area contributed by atoms with Gasteiger partial charge in [0.2, 0.25) is 15.9 Å². The maximum absolute atomic E-state index is 12.6. The van der Waals surface area contributed by atoms with Gasteiger partial charge in [0.15, 0.2) is 0 Å². The molecule has 0 atom stereocenters. The molecule has 150 valence electrons. The van der Waals surface area contributed by atoms with Crippen molar-refractivity contribution in [1.29, 1.82) is 0 Å². The Hall–Kier alpha value is -1.83. The van der Waals surface area contributed by atoms with Gasteiger partial charge in [0.25, 0.3) is 0 Å². The second-order valence-electron chi connectivity index (χ2n) is 7.04. The molecule has 1 aliphatic rings. The number of nitrogens with one attached hydrogen (secondary N) is 1. The van der Waals surface area contributed by atoms with Gasteiger partial charge in [0, 0.05) is 36.7 Å². The highest BCUT2D eigenvalue weighted by atomic mass is 32.2. The Bertz CT molecular complexity index is 958. The first kappa shape index (κ1) is 20.9. The zero-order valence-corrected chi connectivity index (χ0v) is 17.9. The van der Waals surface area contributed by atoms with Gasteiger partial charge in [-0.3, -0.25) is 4.79 Å². The molecule has 1 N–H and O–H groups in total. The molecule has 1 aliphatic heterocycles. The molecule has 0 aromatic heterocycles. The third kappa shape index (κ3) is 5.16. The van der Waals surface area contributed by atoms with Gasteiger partial charge >= 0.3 is 0 Å². The van der Waals surface area contributed by atoms with Crippen LogP contribution < -0.4 is 9.62 Å². The number of amides is 1. The largest absolute Gasteiger partial charge is 0.312 e. The van der Waals surface area contributed by atoms with Crippen LogP contribution in [-0.4, -0.2) is 33.2 Å². The number of thioether (sulfide) groups is 1. The van der Waals surface area contributed by atoms with E-state index in [1.54, 1.807) is 34.9 Å². The van der Waals surface area contributed by atoms with E-state index in [-0.39, 0.29) is 10.8 Å². The molecule has 1 amide bonds. The molecule has 2 aromatic carbocycles. The lowest BCUT2D eigenvalue weighted by Crippen LogP contribution is -2.27. The number of rotatable bonds is 8. The Morgan fingerprint density at radius 1 is 1.14 bits per heavy atom. The van der Waals surface area contributed by atoms with Gasteiger partial charge in [-0.05, 0) is 49.6 Å². The fourth-order valence-electron chi connectivity index (χ4n) is 3.32. The summed E-state index contributed by atoms with van der Waals surface area (Å²) in [5.41, 5.74) is 4.07. The minimum Gasteiger partial charge on any atom is -0.312 e. The minimum atomic E-state index is -3.56. The van der Waals surface area contributed by atoms with Crippen molar-refractivity contribution >= 4 is 33.4 Å². The SMILES string of the molecule is Cc1cccc(CSCCNS(=O)(=O)c2ccc(N3CCCC3=O)c(C)c2)c1. The number of hydrogen-bond acceptors (Lipinski definition) is 4. The number of carbonyl (C=O) groups excluding carboxylic acids is 1. The van der Waals surface area contributed by atoms with Gasteiger partial charge in [-0.25, -0.2) is 13.1 Å². The van der Waals surface area contributed by atoms with E-state index in [1.807, 2.05) is 13.0 Å². The summed E-state index contributed by atoms with van der Waals surface area (Å²) < 4.78 is 27.8. The van der Waals surface area contributed by atoms with Gasteiger partial charge in [-0.2, -0.15) is 11.8 Å². The van der Waals surface area contributed by atoms with Crippen LogP contribution in [0.2, 0.25) is 0 Å². The Kier molecular flexibility index (Phi) is 6.80. The van der Waals surface area contributed by atoms with Crippen molar-refractivity contribution in [2.45, 2.75) is 37.3 Å². The number of aryl methyl sites for hydroxylation is 2. The second-order valence-corrected chi connectivity index (χ2v) is 9.91. The summed E-state index contributed by atoms with van der Waals surface area (Å²) in [6.07, 6.45) is 1.40. The molecule has 28 heavy (non-hydrogen) atoms. The summed E-state index contributed by atoms with van der Waals surface area (Å²) >= 11 is 1.70. The topological polar surface area (TPSA) is 66.5 Å². The van der Waals surface area contributed by atoms with Crippen LogP contribution in [0.25, 0.3) is 0 Å². The van der Waals surface area contributed by atoms with Gasteiger partial charge in [0.05, 0.1) is 4.90 Å². The van der Waals surface area contributed by atoms with E-state index in [2.05, 4.69) is 29.8 Å². The number of nitrogens with zero attached hydrogens (tertiary/aromatic N) is 1. The van der Waals surface area contributed by atoms with Crippen LogP contribution >= 0.6 is 11.8 Å². The average molecular weight is 419 g/mol. The van der Waals surface area contributed by atoms with Crippen LogP contribution in [0.3, 0.4) is 0 Å². The number of benzene rings is 2. The molecule has 7 heteroatoms. The lowest BCUT2D eigenvalue weighted by Gasteiger charge is -2.19. The summed E-state index contributed by atoms with van der Waals surface area (Å²) in [4.78, 5) is 13.9. The highest BCUT2D eigenvalue weighted by molar-refractivity contribution is 7.98. The highest BCUT2D eigenvalue weighted by Crippen LogP contribution is 2.27. The average Bonchev–Trinajstić information content (AvgIpc) is 3.07. The third-order valence-electron chi connectivity index (χ3n) is 4.73. The molecule has 5 nitrogen and oxygen atoms in total. The smallest absolute Gasteiger partial charge is 0.240 e. The molecule has 0 saturated carbocycles. The molecule has 0 aliphatic carbocycles. The Morgan fingerprint density at radius 3 is 2.64 bits per heavy atom. The maximum atomic E-state index is 12.6. The van der Waals surface area contributed by atoms with Crippen LogP contribution in [0, 0.1) is 13.8 Å². The van der Waals surface area contributed by atoms with E-state index in [0.717, 1.165) is 23.4 Å². The molecule has 1 fully saturated rings. The van der Waals surface area contributed by atoms with Gasteiger partial charge in [-0.15, -0.1) is 0 Å². The molecule has 0 unspecified atom stereocenters. The number of carbonyl (C=O) groups is 1. The summed E-state index contributed by atoms with van der Waals surface area (Å²) in [6.45, 7) is 4.99. The van der Waals surface area contributed by atoms with Crippen molar-refractivity contribution < 1.29 is 13.2 Å². The van der Waals surface area contributed by atoms with Crippen LogP contribution in [0.5, 0.6) is 0 Å². The van der Waals surface area contributed by atoms with Gasteiger partial charge < -0.3 is 4.90 Å². The monoisotopic (exact) mass is 418 g/mol. The van der Waals surface area contributed by atoms with Crippen molar-refractivity contribution in [2.75, 3.05) is 23.7 Å². The van der Waals surface area contributed by atoms with E-state index in [9.17, 15) is 13.2 Å². The van der Waals surface area contributed by atoms with E-state index >= 15 is 0 Å². The Labute approximate surface area is 171 Å². The summed E-state index contributed by atoms with van der Waals surface area (Å²) in [7, 11) is -3.56. The summed E-state index contributed by atoms with van der Waals surface area (Å²) in [6, 6.07) is 13.3. The number of sulfonamides is 1. The molecule has 0 bridgehead atoms. The summed E-state index contributed by atoms with van der Waals surface area (Å²) in [5.74, 6) is 1.66. The third-order valence-corrected chi connectivity index (χ3v) is 7.22. The fourth-order valence-corrected chi connectivity index (χ4v) is 5.38. The van der Waals surface area contributed by atoms with E-state index in [1.165, 1.54) is 11.1 Å². The van der Waals surface area contributed by atoms with Gasteiger partial charge in [0.1, 0.15) is 0 Å². The van der Waals surface area contributed by atoms with E-state index < -0.39 is 10.0 Å². The van der Waals surface area contributed by atoms with E-state index in [0.29, 0.717) is 25.3 Å². The molecular formula is C21H26N2O3S2. The minimum absolute atomic E-state index is 0.0995. The predicted octanol–water partition coefficient (Wildman–Crippen LogP) is 3.64. The number of anilines is 1. The van der Waals surface area contributed by atoms with Crippen molar-refractivity contribution in [3.8, 4) is 0 Å². The molecule has 1 saturated heterocycles. The lowest BCUT2D eigenvalue weighted by atomic mass is 10.2. The molecule has 3 rings (SSSR count). The van der Waals surface area contributed by atoms with Crippen LogP contribution in [0.4, 0.5) is 5.69 Å². The zero-order chi connectivity index (χ0) is 20.1. The molecular weight excluding hydrogens is 392 g/mol. The normalized spacial score (nSPS) is 14.6. The Balaban J connectivity index is 1.54. The van der Waals surface area contributed by atoms with Crippen molar-refractivity contribution in [3.63, 3.8) is 0 Å². The van der Waals surface area contributed by atoms with E-state index in [4.69, 9.17) is 0 Å². The quantitative estimate of drug-likeness (QED) is 0.665. The highest BCUT2D eigenvalue weighted by Gasteiger charge is 2.24. The standard InChI is InChI=1S/C21H26N2O3S2/c1-16-5-3-6-18(13-16)15-27-12-10-22-28(25,26)19-8-9-20(17(2)14-19)23-11-4-7-21(23)24/h3,5-6,8-9,13-14,22H,4,7,10-12,15H2,1-2H3. The maximum Gasteiger partial charge on any atom is 0.240 e. The molecule has 1 heterocycles. The predicted molar refractivity (Wildman–Crippen MR) is 115 cm³/mol. The zero-order valence-electron chi connectivity index (χ0n) is 16.3. The summed E-state index contributed by atoms with van der Waals surface area (Å²) in [5, 5.41) is 0. The van der Waals surface area contributed by atoms with Gasteiger partial charge in [-0.1, -0.05) is 29.8 Å².